The molecule has 0 aliphatic heterocycles. The van der Waals surface area contributed by atoms with Crippen molar-refractivity contribution in [3.8, 4) is 0 Å². The number of hydrogen-bond donors (Lipinski definition) is 0. The normalized spacial score (nSPS) is 7.50. The smallest absolute Gasteiger partial charge is 0.532 e. The molecule has 0 heterocycles. The van der Waals surface area contributed by atoms with Gasteiger partial charge in [0.05, 0.1) is 0 Å². The maximum Gasteiger partial charge on any atom is 2.00 e. The maximum absolute atomic E-state index is 3.56. The first-order valence-electron chi connectivity index (χ1n) is 1.60. The Balaban J connectivity index is -0.0000000267. The standard InChI is InChI=1S/C5H8.CH3.W.Y/c1-4-5(2)3;;;/h2H2,1,3H3;1H3;;/q-2;-1;+2;. The van der Waals surface area contributed by atoms with Crippen molar-refractivity contribution in [1.82, 2.24) is 0 Å². The second-order valence-electron chi connectivity index (χ2n) is 1.03. The zero-order chi connectivity index (χ0) is 4.28. The fraction of sp³-hybridized carbons (Fsp3) is 0.333. The summed E-state index contributed by atoms with van der Waals surface area (Å²) >= 11 is 0. The summed E-state index contributed by atoms with van der Waals surface area (Å²) in [6.45, 7) is 7.33. The SMILES string of the molecule is [CH2-]C(C)=[C-]C.[CH3-].[W+2].[Y]. The van der Waals surface area contributed by atoms with Crippen molar-refractivity contribution < 1.29 is 53.8 Å². The Kier molecular flexibility index (Phi) is 44.8. The van der Waals surface area contributed by atoms with Gasteiger partial charge in [0, 0.05) is 32.7 Å². The van der Waals surface area contributed by atoms with E-state index in [1.165, 1.54) is 0 Å². The molecule has 0 nitrogen and oxygen atoms in total. The molecule has 0 bridgehead atoms. The van der Waals surface area contributed by atoms with Crippen molar-refractivity contribution in [2.24, 2.45) is 0 Å². The van der Waals surface area contributed by atoms with Gasteiger partial charge in [-0.25, -0.2) is 6.92 Å². The van der Waals surface area contributed by atoms with E-state index in [-0.39, 0.29) is 61.2 Å². The van der Waals surface area contributed by atoms with Gasteiger partial charge in [-0.2, -0.15) is 0 Å². The minimum absolute atomic E-state index is 0. The van der Waals surface area contributed by atoms with E-state index >= 15 is 0 Å². The topological polar surface area (TPSA) is 0 Å². The second-order valence-corrected chi connectivity index (χ2v) is 1.03. The van der Waals surface area contributed by atoms with E-state index in [2.05, 4.69) is 13.0 Å². The summed E-state index contributed by atoms with van der Waals surface area (Å²) in [5.41, 5.74) is 1.00. The molecule has 0 aliphatic rings. The van der Waals surface area contributed by atoms with Gasteiger partial charge in [0.2, 0.25) is 0 Å². The molecule has 0 saturated carbocycles. The second kappa shape index (κ2) is 15.8. The van der Waals surface area contributed by atoms with Gasteiger partial charge in [-0.3, -0.25) is 0 Å². The van der Waals surface area contributed by atoms with Gasteiger partial charge >= 0.3 is 21.1 Å². The molecule has 0 aromatic heterocycles. The summed E-state index contributed by atoms with van der Waals surface area (Å²) in [6, 6.07) is 0. The average molecular weight is 356 g/mol. The summed E-state index contributed by atoms with van der Waals surface area (Å²) in [5, 5.41) is 0. The van der Waals surface area contributed by atoms with Gasteiger partial charge in [-0.05, 0) is 0 Å². The molecule has 1 radical (unpaired) electrons. The molecule has 0 fully saturated rings. The molecule has 0 aromatic rings. The molecule has 0 unspecified atom stereocenters. The van der Waals surface area contributed by atoms with Crippen LogP contribution in [0.15, 0.2) is 5.57 Å². The van der Waals surface area contributed by atoms with Gasteiger partial charge in [0.25, 0.3) is 0 Å². The molecule has 0 rings (SSSR count). The van der Waals surface area contributed by atoms with Crippen molar-refractivity contribution in [2.45, 2.75) is 13.8 Å². The zero-order valence-corrected chi connectivity index (χ0v) is 11.5. The first-order valence-corrected chi connectivity index (χ1v) is 1.60. The summed E-state index contributed by atoms with van der Waals surface area (Å²) in [5.74, 6) is 0. The maximum atomic E-state index is 3.56. The fourth-order valence-corrected chi connectivity index (χ4v) is 0. The van der Waals surface area contributed by atoms with Crippen molar-refractivity contribution >= 4 is 0 Å². The van der Waals surface area contributed by atoms with Crippen LogP contribution >= 0.6 is 0 Å². The quantitative estimate of drug-likeness (QED) is 0.583. The van der Waals surface area contributed by atoms with Crippen molar-refractivity contribution in [3.05, 3.63) is 26.0 Å². The van der Waals surface area contributed by atoms with Gasteiger partial charge in [0.15, 0.2) is 0 Å². The van der Waals surface area contributed by atoms with Crippen LogP contribution in [0.5, 0.6) is 0 Å². The van der Waals surface area contributed by atoms with E-state index in [1.807, 2.05) is 13.8 Å². The minimum atomic E-state index is 0. The summed E-state index contributed by atoms with van der Waals surface area (Å²) < 4.78 is 0. The zero-order valence-electron chi connectivity index (χ0n) is 5.69. The van der Waals surface area contributed by atoms with Crippen LogP contribution in [0.25, 0.3) is 0 Å². The van der Waals surface area contributed by atoms with E-state index in [0.717, 1.165) is 5.57 Å². The van der Waals surface area contributed by atoms with Crippen LogP contribution < -0.4 is 0 Å². The Morgan fingerprint density at radius 2 is 1.62 bits per heavy atom. The van der Waals surface area contributed by atoms with Crippen LogP contribution in [0.3, 0.4) is 0 Å². The van der Waals surface area contributed by atoms with Crippen molar-refractivity contribution in [2.75, 3.05) is 0 Å². The molecule has 2 heteroatoms. The van der Waals surface area contributed by atoms with Crippen molar-refractivity contribution in [1.29, 1.82) is 0 Å². The van der Waals surface area contributed by atoms with Crippen LogP contribution in [-0.2, 0) is 53.8 Å². The largest absolute Gasteiger partial charge is 2.00 e. The minimum Gasteiger partial charge on any atom is -0.532 e. The molecule has 45 valence electrons. The Bertz CT molecular complexity index is 46.5. The van der Waals surface area contributed by atoms with Crippen LogP contribution in [-0.4, -0.2) is 0 Å². The van der Waals surface area contributed by atoms with Gasteiger partial charge in [0.1, 0.15) is 0 Å². The third-order valence-corrected chi connectivity index (χ3v) is 0.427. The number of hydrogen-bond acceptors (Lipinski definition) is 0. The van der Waals surface area contributed by atoms with E-state index < -0.39 is 0 Å². The number of rotatable bonds is 0. The first kappa shape index (κ1) is 22.7. The molecular weight excluding hydrogens is 345 g/mol. The average Bonchev–Trinajstić information content (AvgIpc) is 1.38. The Labute approximate surface area is 92.7 Å². The van der Waals surface area contributed by atoms with Crippen LogP contribution in [0.4, 0.5) is 0 Å². The summed E-state index contributed by atoms with van der Waals surface area (Å²) in [4.78, 5) is 0. The van der Waals surface area contributed by atoms with Crippen LogP contribution in [0.1, 0.15) is 13.8 Å². The molecule has 0 saturated heterocycles. The van der Waals surface area contributed by atoms with E-state index in [9.17, 15) is 0 Å². The fourth-order valence-electron chi connectivity index (χ4n) is 0. The molecule has 8 heavy (non-hydrogen) atoms. The van der Waals surface area contributed by atoms with Crippen LogP contribution in [0, 0.1) is 20.4 Å². The first-order chi connectivity index (χ1) is 2.27. The van der Waals surface area contributed by atoms with Gasteiger partial charge < -0.3 is 26.0 Å². The molecule has 0 amide bonds. The molecule has 0 spiro atoms. The molecule has 0 aliphatic carbocycles. The van der Waals surface area contributed by atoms with E-state index in [4.69, 9.17) is 0 Å². The molecule has 0 atom stereocenters. The monoisotopic (exact) mass is 356 g/mol. The Hall–Kier alpha value is 1.40. The molecule has 0 aromatic carbocycles. The molecular formula is C6H11WY-. The predicted molar refractivity (Wildman–Crippen MR) is 29.9 cm³/mol. The van der Waals surface area contributed by atoms with Crippen molar-refractivity contribution in [3.63, 3.8) is 0 Å². The van der Waals surface area contributed by atoms with E-state index in [1.54, 1.807) is 0 Å². The third-order valence-electron chi connectivity index (χ3n) is 0.427. The third kappa shape index (κ3) is 26.2. The van der Waals surface area contributed by atoms with Gasteiger partial charge in [-0.1, -0.05) is 0 Å². The van der Waals surface area contributed by atoms with Gasteiger partial charge in [-0.15, -0.1) is 6.92 Å². The molecule has 0 N–H and O–H groups in total. The Morgan fingerprint density at radius 1 is 1.50 bits per heavy atom. The number of allylic oxidation sites excluding steroid dienone is 2. The Morgan fingerprint density at radius 3 is 1.62 bits per heavy atom. The van der Waals surface area contributed by atoms with Crippen LogP contribution in [0.2, 0.25) is 0 Å². The summed E-state index contributed by atoms with van der Waals surface area (Å²) in [6.07, 6.45) is 2.83. The van der Waals surface area contributed by atoms with E-state index in [0.29, 0.717) is 0 Å². The summed E-state index contributed by atoms with van der Waals surface area (Å²) in [7, 11) is 0. The predicted octanol–water partition coefficient (Wildman–Crippen LogP) is 2.04.